The van der Waals surface area contributed by atoms with E-state index in [0.717, 1.165) is 27.8 Å². The fourth-order valence-corrected chi connectivity index (χ4v) is 2.72. The monoisotopic (exact) mass is 280 g/mol. The molecule has 0 saturated heterocycles. The lowest BCUT2D eigenvalue weighted by molar-refractivity contribution is 0.246. The molecule has 106 valence electrons. The van der Waals surface area contributed by atoms with Gasteiger partial charge in [-0.25, -0.2) is 4.79 Å². The molecule has 0 aromatic heterocycles. The molecule has 1 aromatic rings. The van der Waals surface area contributed by atoms with E-state index >= 15 is 0 Å². The summed E-state index contributed by atoms with van der Waals surface area (Å²) in [6.07, 6.45) is 3.35. The van der Waals surface area contributed by atoms with Crippen molar-refractivity contribution in [3.8, 4) is 22.3 Å². The van der Waals surface area contributed by atoms with E-state index in [1.807, 2.05) is 43.3 Å². The van der Waals surface area contributed by atoms with Crippen LogP contribution in [0.5, 0.6) is 0 Å². The highest BCUT2D eigenvalue weighted by Gasteiger charge is 2.22. The number of hydrogen-bond acceptors (Lipinski definition) is 2. The molecule has 0 spiro atoms. The van der Waals surface area contributed by atoms with Gasteiger partial charge in [-0.2, -0.15) is 0 Å². The SMILES string of the molecule is CC(NC(N)=O)c1c2ccocc-2cc1-c1ccccc1. The van der Waals surface area contributed by atoms with Gasteiger partial charge in [-0.15, -0.1) is 0 Å². The standard InChI is InChI=1S/C17H16N2O2/c1-11(19-17(18)20)16-14-7-8-21-10-13(14)9-15(16)12-5-3-2-4-6-12/h2-11H,1H3,(H3,18,19,20). The second kappa shape index (κ2) is 5.32. The summed E-state index contributed by atoms with van der Waals surface area (Å²) < 4.78 is 5.24. The normalized spacial score (nSPS) is 12.2. The largest absolute Gasteiger partial charge is 0.472 e. The Morgan fingerprint density at radius 3 is 2.62 bits per heavy atom. The molecule has 0 fully saturated rings. The van der Waals surface area contributed by atoms with Crippen LogP contribution in [0.4, 0.5) is 4.79 Å². The molecule has 1 aliphatic carbocycles. The minimum atomic E-state index is -0.531. The van der Waals surface area contributed by atoms with Gasteiger partial charge < -0.3 is 15.5 Å². The zero-order valence-corrected chi connectivity index (χ0v) is 11.7. The molecular formula is C17H16N2O2. The molecule has 1 aromatic carbocycles. The highest BCUT2D eigenvalue weighted by atomic mass is 16.3. The molecule has 0 radical (unpaired) electrons. The Kier molecular flexibility index (Phi) is 3.36. The number of nitrogens with two attached hydrogens (primary N) is 1. The van der Waals surface area contributed by atoms with E-state index in [1.165, 1.54) is 0 Å². The number of urea groups is 1. The van der Waals surface area contributed by atoms with Crippen molar-refractivity contribution in [2.24, 2.45) is 5.73 Å². The van der Waals surface area contributed by atoms with Gasteiger partial charge in [-0.05, 0) is 41.3 Å². The van der Waals surface area contributed by atoms with Gasteiger partial charge in [0.2, 0.25) is 0 Å². The summed E-state index contributed by atoms with van der Waals surface area (Å²) in [5, 5.41) is 2.76. The Morgan fingerprint density at radius 1 is 1.14 bits per heavy atom. The number of carbonyl (C=O) groups is 1. The maximum atomic E-state index is 11.2. The van der Waals surface area contributed by atoms with Crippen LogP contribution < -0.4 is 11.1 Å². The van der Waals surface area contributed by atoms with Crippen molar-refractivity contribution in [2.75, 3.05) is 0 Å². The van der Waals surface area contributed by atoms with Crippen LogP contribution in [0.25, 0.3) is 22.3 Å². The van der Waals surface area contributed by atoms with Crippen LogP contribution in [0.2, 0.25) is 0 Å². The fraction of sp³-hybridized carbons (Fsp3) is 0.118. The first-order valence-corrected chi connectivity index (χ1v) is 6.77. The van der Waals surface area contributed by atoms with Gasteiger partial charge in [0, 0.05) is 5.56 Å². The van der Waals surface area contributed by atoms with Gasteiger partial charge in [0.05, 0.1) is 18.6 Å². The van der Waals surface area contributed by atoms with Crippen LogP contribution in [0.1, 0.15) is 18.5 Å². The molecule has 0 bridgehead atoms. The Bertz CT molecular complexity index is 734. The predicted molar refractivity (Wildman–Crippen MR) is 81.9 cm³/mol. The van der Waals surface area contributed by atoms with Crippen LogP contribution in [0.3, 0.4) is 0 Å². The van der Waals surface area contributed by atoms with Crippen molar-refractivity contribution in [1.29, 1.82) is 0 Å². The minimum Gasteiger partial charge on any atom is -0.472 e. The average Bonchev–Trinajstić information content (AvgIpc) is 2.87. The Balaban J connectivity index is 2.19. The van der Waals surface area contributed by atoms with Crippen molar-refractivity contribution >= 4 is 6.03 Å². The summed E-state index contributed by atoms with van der Waals surface area (Å²) >= 11 is 0. The van der Waals surface area contributed by atoms with Gasteiger partial charge in [-0.1, -0.05) is 30.3 Å². The van der Waals surface area contributed by atoms with Gasteiger partial charge in [-0.3, -0.25) is 0 Å². The molecule has 4 nitrogen and oxygen atoms in total. The Labute approximate surface area is 122 Å². The van der Waals surface area contributed by atoms with Crippen LogP contribution >= 0.6 is 0 Å². The first-order chi connectivity index (χ1) is 10.2. The molecule has 1 aliphatic heterocycles. The maximum absolute atomic E-state index is 11.2. The van der Waals surface area contributed by atoms with E-state index in [0.29, 0.717) is 0 Å². The van der Waals surface area contributed by atoms with Crippen LogP contribution in [0, 0.1) is 0 Å². The van der Waals surface area contributed by atoms with E-state index in [4.69, 9.17) is 10.2 Å². The molecule has 4 heteroatoms. The second-order valence-corrected chi connectivity index (χ2v) is 4.99. The number of amides is 2. The summed E-state index contributed by atoms with van der Waals surface area (Å²) in [7, 11) is 0. The third-order valence-electron chi connectivity index (χ3n) is 3.58. The zero-order chi connectivity index (χ0) is 14.8. The Hall–Kier alpha value is -2.75. The molecule has 2 amide bonds. The molecule has 1 unspecified atom stereocenters. The number of nitrogens with one attached hydrogen (secondary N) is 1. The summed E-state index contributed by atoms with van der Waals surface area (Å²) in [6, 6.07) is 13.3. The first kappa shape index (κ1) is 13.2. The second-order valence-electron chi connectivity index (χ2n) is 4.99. The van der Waals surface area contributed by atoms with E-state index < -0.39 is 6.03 Å². The van der Waals surface area contributed by atoms with Crippen molar-refractivity contribution in [3.63, 3.8) is 0 Å². The van der Waals surface area contributed by atoms with Crippen LogP contribution in [-0.2, 0) is 0 Å². The number of benzene rings is 1. The molecular weight excluding hydrogens is 264 g/mol. The number of hydrogen-bond donors (Lipinski definition) is 2. The average molecular weight is 280 g/mol. The minimum absolute atomic E-state index is 0.183. The summed E-state index contributed by atoms with van der Waals surface area (Å²) in [6.45, 7) is 1.93. The van der Waals surface area contributed by atoms with Crippen molar-refractivity contribution < 1.29 is 9.21 Å². The summed E-state index contributed by atoms with van der Waals surface area (Å²) in [5.41, 5.74) is 10.5. The van der Waals surface area contributed by atoms with Crippen molar-refractivity contribution in [2.45, 2.75) is 13.0 Å². The van der Waals surface area contributed by atoms with Gasteiger partial charge in [0.15, 0.2) is 0 Å². The molecule has 2 aliphatic rings. The van der Waals surface area contributed by atoms with E-state index in [2.05, 4.69) is 11.4 Å². The smallest absolute Gasteiger partial charge is 0.312 e. The van der Waals surface area contributed by atoms with Gasteiger partial charge >= 0.3 is 6.03 Å². The number of primary amides is 1. The molecule has 1 heterocycles. The van der Waals surface area contributed by atoms with Gasteiger partial charge in [0.1, 0.15) is 0 Å². The highest BCUT2D eigenvalue weighted by Crippen LogP contribution is 2.41. The van der Waals surface area contributed by atoms with Crippen LogP contribution in [0.15, 0.2) is 59.4 Å². The predicted octanol–water partition coefficient (Wildman–Crippen LogP) is 3.78. The van der Waals surface area contributed by atoms with Crippen molar-refractivity contribution in [1.82, 2.24) is 5.32 Å². The molecule has 3 rings (SSSR count). The molecule has 3 N–H and O–H groups in total. The topological polar surface area (TPSA) is 68.3 Å². The van der Waals surface area contributed by atoms with E-state index in [-0.39, 0.29) is 6.04 Å². The number of fused-ring (bicyclic) bond motifs is 1. The fourth-order valence-electron chi connectivity index (χ4n) is 2.72. The highest BCUT2D eigenvalue weighted by molar-refractivity contribution is 5.86. The third kappa shape index (κ3) is 2.48. The van der Waals surface area contributed by atoms with Crippen molar-refractivity contribution in [3.05, 3.63) is 60.6 Å². The Morgan fingerprint density at radius 2 is 1.90 bits per heavy atom. The quantitative estimate of drug-likeness (QED) is 0.766. The number of rotatable bonds is 3. The van der Waals surface area contributed by atoms with Gasteiger partial charge in [0.25, 0.3) is 0 Å². The first-order valence-electron chi connectivity index (χ1n) is 6.77. The maximum Gasteiger partial charge on any atom is 0.312 e. The van der Waals surface area contributed by atoms with Crippen LogP contribution in [-0.4, -0.2) is 6.03 Å². The van der Waals surface area contributed by atoms with E-state index in [9.17, 15) is 4.79 Å². The molecule has 1 atom stereocenters. The lowest BCUT2D eigenvalue weighted by Crippen LogP contribution is -2.31. The summed E-state index contributed by atoms with van der Waals surface area (Å²) in [4.78, 5) is 11.2. The third-order valence-corrected chi connectivity index (χ3v) is 3.58. The summed E-state index contributed by atoms with van der Waals surface area (Å²) in [5.74, 6) is 0. The van der Waals surface area contributed by atoms with E-state index in [1.54, 1.807) is 12.5 Å². The lowest BCUT2D eigenvalue weighted by atomic mass is 9.98. The number of carbonyl (C=O) groups excluding carboxylic acids is 1. The zero-order valence-electron chi connectivity index (χ0n) is 11.7. The molecule has 0 saturated carbocycles. The molecule has 21 heavy (non-hydrogen) atoms. The lowest BCUT2D eigenvalue weighted by Gasteiger charge is -2.16.